The minimum Gasteiger partial charge on any atom is -0.367 e. The quantitative estimate of drug-likeness (QED) is 0.924. The summed E-state index contributed by atoms with van der Waals surface area (Å²) in [5, 5.41) is 3.84. The van der Waals surface area contributed by atoms with Crippen LogP contribution < -0.4 is 5.32 Å². The highest BCUT2D eigenvalue weighted by atomic mass is 35.5. The van der Waals surface area contributed by atoms with Crippen molar-refractivity contribution in [3.63, 3.8) is 0 Å². The fraction of sp³-hybridized carbons (Fsp3) is 0.615. The molecule has 0 atom stereocenters. The van der Waals surface area contributed by atoms with Crippen LogP contribution in [0, 0.1) is 0 Å². The van der Waals surface area contributed by atoms with Crippen LogP contribution in [0.5, 0.6) is 0 Å². The summed E-state index contributed by atoms with van der Waals surface area (Å²) in [6.07, 6.45) is 4.90. The second kappa shape index (κ2) is 5.50. The number of hydrogen-bond donors (Lipinski definition) is 1. The molecular formula is C13H18ClN3O2S. The van der Waals surface area contributed by atoms with Gasteiger partial charge in [-0.25, -0.2) is 17.7 Å². The zero-order chi connectivity index (χ0) is 14.2. The minimum absolute atomic E-state index is 0.107. The molecule has 0 spiro atoms. The third-order valence-corrected chi connectivity index (χ3v) is 6.46. The number of rotatable bonds is 4. The first-order chi connectivity index (χ1) is 9.55. The molecule has 2 fully saturated rings. The van der Waals surface area contributed by atoms with Gasteiger partial charge in [-0.3, -0.25) is 0 Å². The predicted octanol–water partition coefficient (Wildman–Crippen LogP) is 2.10. The van der Waals surface area contributed by atoms with Gasteiger partial charge in [0.2, 0.25) is 10.0 Å². The van der Waals surface area contributed by atoms with Crippen LogP contribution in [-0.4, -0.2) is 42.1 Å². The molecule has 1 N–H and O–H groups in total. The van der Waals surface area contributed by atoms with Crippen LogP contribution in [0.1, 0.15) is 25.7 Å². The molecule has 0 radical (unpaired) electrons. The maximum absolute atomic E-state index is 12.1. The number of anilines is 1. The normalized spacial score (nSPS) is 21.9. The van der Waals surface area contributed by atoms with E-state index in [2.05, 4.69) is 10.3 Å². The lowest BCUT2D eigenvalue weighted by Gasteiger charge is -2.31. The Hall–Kier alpha value is -0.850. The average Bonchev–Trinajstić information content (AvgIpc) is 3.27. The minimum atomic E-state index is -3.02. The van der Waals surface area contributed by atoms with Gasteiger partial charge in [0.1, 0.15) is 5.82 Å². The van der Waals surface area contributed by atoms with Gasteiger partial charge in [0.05, 0.1) is 10.3 Å². The van der Waals surface area contributed by atoms with Gasteiger partial charge in [-0.2, -0.15) is 0 Å². The van der Waals surface area contributed by atoms with Gasteiger partial charge in [-0.05, 0) is 37.8 Å². The Morgan fingerprint density at radius 2 is 1.90 bits per heavy atom. The van der Waals surface area contributed by atoms with Gasteiger partial charge in [0, 0.05) is 25.3 Å². The molecule has 0 amide bonds. The molecule has 1 saturated carbocycles. The predicted molar refractivity (Wildman–Crippen MR) is 79.4 cm³/mol. The lowest BCUT2D eigenvalue weighted by molar-refractivity contribution is 0.329. The first kappa shape index (κ1) is 14.1. The summed E-state index contributed by atoms with van der Waals surface area (Å²) in [5.74, 6) is 0.790. The molecule has 5 nitrogen and oxygen atoms in total. The van der Waals surface area contributed by atoms with E-state index in [-0.39, 0.29) is 11.3 Å². The largest absolute Gasteiger partial charge is 0.367 e. The first-order valence-corrected chi connectivity index (χ1v) is 8.81. The van der Waals surface area contributed by atoms with Gasteiger partial charge in [-0.1, -0.05) is 11.6 Å². The summed E-state index contributed by atoms with van der Waals surface area (Å²) in [6.45, 7) is 1.20. The van der Waals surface area contributed by atoms with E-state index in [9.17, 15) is 8.42 Å². The molecule has 3 rings (SSSR count). The topological polar surface area (TPSA) is 62.3 Å². The molecule has 0 aromatic carbocycles. The van der Waals surface area contributed by atoms with Crippen molar-refractivity contribution in [1.82, 2.24) is 9.29 Å². The van der Waals surface area contributed by atoms with E-state index in [1.807, 2.05) is 6.07 Å². The molecule has 1 aromatic heterocycles. The Balaban J connectivity index is 1.54. The van der Waals surface area contributed by atoms with Crippen LogP contribution >= 0.6 is 11.6 Å². The summed E-state index contributed by atoms with van der Waals surface area (Å²) in [6, 6.07) is 3.91. The van der Waals surface area contributed by atoms with Gasteiger partial charge < -0.3 is 5.32 Å². The van der Waals surface area contributed by atoms with Crippen molar-refractivity contribution in [2.45, 2.75) is 37.0 Å². The fourth-order valence-electron chi connectivity index (χ4n) is 2.50. The lowest BCUT2D eigenvalue weighted by atomic mass is 10.1. The van der Waals surface area contributed by atoms with Crippen molar-refractivity contribution in [2.24, 2.45) is 0 Å². The lowest BCUT2D eigenvalue weighted by Crippen LogP contribution is -2.43. The molecule has 1 saturated heterocycles. The van der Waals surface area contributed by atoms with Gasteiger partial charge in [0.25, 0.3) is 0 Å². The van der Waals surface area contributed by atoms with Crippen LogP contribution in [0.15, 0.2) is 18.3 Å². The Morgan fingerprint density at radius 1 is 1.20 bits per heavy atom. The van der Waals surface area contributed by atoms with E-state index in [0.29, 0.717) is 18.1 Å². The molecule has 0 bridgehead atoms. The number of sulfonamides is 1. The Bertz CT molecular complexity index is 564. The van der Waals surface area contributed by atoms with Crippen molar-refractivity contribution in [2.75, 3.05) is 18.4 Å². The smallest absolute Gasteiger partial charge is 0.216 e. The van der Waals surface area contributed by atoms with Crippen molar-refractivity contribution >= 4 is 27.4 Å². The van der Waals surface area contributed by atoms with Crippen LogP contribution in [0.25, 0.3) is 0 Å². The maximum Gasteiger partial charge on any atom is 0.216 e. The van der Waals surface area contributed by atoms with Crippen molar-refractivity contribution < 1.29 is 8.42 Å². The SMILES string of the molecule is O=S(=O)(C1CC1)N1CCC(Nc2ccc(Cl)cn2)CC1. The Kier molecular flexibility index (Phi) is 3.88. The van der Waals surface area contributed by atoms with E-state index in [1.54, 1.807) is 16.6 Å². The highest BCUT2D eigenvalue weighted by Crippen LogP contribution is 2.32. The molecule has 2 aliphatic rings. The van der Waals surface area contributed by atoms with Crippen molar-refractivity contribution in [3.05, 3.63) is 23.4 Å². The average molecular weight is 316 g/mol. The second-order valence-electron chi connectivity index (χ2n) is 5.42. The molecule has 2 heterocycles. The summed E-state index contributed by atoms with van der Waals surface area (Å²) in [7, 11) is -3.02. The number of pyridine rings is 1. The highest BCUT2D eigenvalue weighted by Gasteiger charge is 2.41. The zero-order valence-corrected chi connectivity index (χ0v) is 12.7. The number of nitrogens with zero attached hydrogens (tertiary/aromatic N) is 2. The molecule has 1 aliphatic heterocycles. The van der Waals surface area contributed by atoms with Crippen LogP contribution in [0.4, 0.5) is 5.82 Å². The Morgan fingerprint density at radius 3 is 2.45 bits per heavy atom. The van der Waals surface area contributed by atoms with E-state index in [4.69, 9.17) is 11.6 Å². The number of halogens is 1. The zero-order valence-electron chi connectivity index (χ0n) is 11.1. The monoisotopic (exact) mass is 315 g/mol. The van der Waals surface area contributed by atoms with Crippen molar-refractivity contribution in [3.8, 4) is 0 Å². The number of nitrogens with one attached hydrogen (secondary N) is 1. The third kappa shape index (κ3) is 3.07. The van der Waals surface area contributed by atoms with Gasteiger partial charge >= 0.3 is 0 Å². The van der Waals surface area contributed by atoms with E-state index in [0.717, 1.165) is 31.5 Å². The van der Waals surface area contributed by atoms with Crippen LogP contribution in [-0.2, 0) is 10.0 Å². The highest BCUT2D eigenvalue weighted by molar-refractivity contribution is 7.90. The third-order valence-electron chi connectivity index (χ3n) is 3.84. The van der Waals surface area contributed by atoms with Crippen molar-refractivity contribution in [1.29, 1.82) is 0 Å². The van der Waals surface area contributed by atoms with Crippen LogP contribution in [0.2, 0.25) is 5.02 Å². The summed E-state index contributed by atoms with van der Waals surface area (Å²) in [5.41, 5.74) is 0. The fourth-order valence-corrected chi connectivity index (χ4v) is 4.49. The second-order valence-corrected chi connectivity index (χ2v) is 8.07. The molecule has 110 valence electrons. The number of hydrogen-bond acceptors (Lipinski definition) is 4. The maximum atomic E-state index is 12.1. The molecule has 1 aliphatic carbocycles. The molecular weight excluding hydrogens is 298 g/mol. The summed E-state index contributed by atoms with van der Waals surface area (Å²) < 4.78 is 25.9. The standard InChI is InChI=1S/C13H18ClN3O2S/c14-10-1-4-13(15-9-10)16-11-5-7-17(8-6-11)20(18,19)12-2-3-12/h1,4,9,11-12H,2-3,5-8H2,(H,15,16). The van der Waals surface area contributed by atoms with E-state index < -0.39 is 10.0 Å². The summed E-state index contributed by atoms with van der Waals surface area (Å²) in [4.78, 5) is 4.20. The molecule has 0 unspecified atom stereocenters. The molecule has 1 aromatic rings. The van der Waals surface area contributed by atoms with E-state index >= 15 is 0 Å². The number of piperidine rings is 1. The van der Waals surface area contributed by atoms with E-state index in [1.165, 1.54) is 0 Å². The Labute approximate surface area is 124 Å². The van der Waals surface area contributed by atoms with Gasteiger partial charge in [0.15, 0.2) is 0 Å². The summed E-state index contributed by atoms with van der Waals surface area (Å²) >= 11 is 5.80. The van der Waals surface area contributed by atoms with Crippen LogP contribution in [0.3, 0.4) is 0 Å². The molecule has 7 heteroatoms. The number of aromatic nitrogens is 1. The molecule has 20 heavy (non-hydrogen) atoms. The first-order valence-electron chi connectivity index (χ1n) is 6.93. The van der Waals surface area contributed by atoms with Gasteiger partial charge in [-0.15, -0.1) is 0 Å².